The predicted octanol–water partition coefficient (Wildman–Crippen LogP) is 3.85. The molecule has 0 amide bonds. The van der Waals surface area contributed by atoms with Gasteiger partial charge in [0.2, 0.25) is 0 Å². The molecule has 0 fully saturated rings. The molecule has 5 nitrogen and oxygen atoms in total. The van der Waals surface area contributed by atoms with Crippen LogP contribution in [0.2, 0.25) is 0 Å². The first kappa shape index (κ1) is 19.0. The summed E-state index contributed by atoms with van der Waals surface area (Å²) in [6.07, 6.45) is -1.19. The molecule has 1 N–H and O–H groups in total. The van der Waals surface area contributed by atoms with Crippen molar-refractivity contribution in [1.29, 1.82) is 0 Å². The van der Waals surface area contributed by atoms with Crippen molar-refractivity contribution in [2.24, 2.45) is 0 Å². The van der Waals surface area contributed by atoms with Crippen molar-refractivity contribution in [2.45, 2.75) is 58.6 Å². The molecular weight excluding hydrogens is 303 g/mol. The molecule has 1 rings (SSSR count). The average molecular weight is 328 g/mol. The molecule has 1 unspecified atom stereocenters. The van der Waals surface area contributed by atoms with Gasteiger partial charge in [0.1, 0.15) is 5.78 Å². The Morgan fingerprint density at radius 1 is 1.14 bits per heavy atom. The molecule has 124 valence electrons. The molecule has 6 heteroatoms. The predicted molar refractivity (Wildman–Crippen MR) is 85.7 cm³/mol. The first-order chi connectivity index (χ1) is 10.1. The lowest BCUT2D eigenvalue weighted by Crippen LogP contribution is -2.32. The highest BCUT2D eigenvalue weighted by Gasteiger charge is 2.53. The van der Waals surface area contributed by atoms with E-state index >= 15 is 0 Å². The maximum atomic E-state index is 13.3. The lowest BCUT2D eigenvalue weighted by Gasteiger charge is -2.36. The summed E-state index contributed by atoms with van der Waals surface area (Å²) in [6.45, 7) is 8.15. The molecule has 0 aliphatic heterocycles. The third-order valence-electron chi connectivity index (χ3n) is 2.88. The molecule has 1 aromatic carbocycles. The van der Waals surface area contributed by atoms with Gasteiger partial charge in [-0.05, 0) is 40.2 Å². The molecule has 0 saturated carbocycles. The van der Waals surface area contributed by atoms with Crippen molar-refractivity contribution in [2.75, 3.05) is 0 Å². The maximum absolute atomic E-state index is 13.3. The van der Waals surface area contributed by atoms with Gasteiger partial charge in [0.15, 0.2) is 5.34 Å². The minimum Gasteiger partial charge on any atom is -0.373 e. The van der Waals surface area contributed by atoms with E-state index in [0.29, 0.717) is 5.56 Å². The monoisotopic (exact) mass is 328 g/mol. The Morgan fingerprint density at radius 3 is 1.95 bits per heavy atom. The van der Waals surface area contributed by atoms with Gasteiger partial charge in [-0.25, -0.2) is 0 Å². The zero-order valence-electron chi connectivity index (χ0n) is 13.8. The molecule has 1 aromatic rings. The highest BCUT2D eigenvalue weighted by molar-refractivity contribution is 7.55. The van der Waals surface area contributed by atoms with Crippen LogP contribution in [-0.4, -0.2) is 23.1 Å². The standard InChI is InChI=1S/C16H25O5P/c1-12(2)20-22(19,21-13(3)4)16(18,11-14(5)17)15-9-7-6-8-10-15/h6-10,12-13,18H,11H2,1-5H3. The smallest absolute Gasteiger partial charge is 0.367 e. The molecule has 0 aromatic heterocycles. The van der Waals surface area contributed by atoms with E-state index in [1.165, 1.54) is 6.92 Å². The Balaban J connectivity index is 3.44. The van der Waals surface area contributed by atoms with Crippen LogP contribution in [0.5, 0.6) is 0 Å². The average Bonchev–Trinajstić information content (AvgIpc) is 2.36. The van der Waals surface area contributed by atoms with Crippen LogP contribution in [0.15, 0.2) is 30.3 Å². The fourth-order valence-corrected chi connectivity index (χ4v) is 4.55. The summed E-state index contributed by atoms with van der Waals surface area (Å²) >= 11 is 0. The zero-order valence-corrected chi connectivity index (χ0v) is 14.7. The minimum absolute atomic E-state index is 0.300. The highest BCUT2D eigenvalue weighted by Crippen LogP contribution is 2.66. The highest BCUT2D eigenvalue weighted by atomic mass is 31.2. The molecule has 1 atom stereocenters. The fourth-order valence-electron chi connectivity index (χ4n) is 2.16. The van der Waals surface area contributed by atoms with Crippen LogP contribution in [0.4, 0.5) is 0 Å². The molecule has 0 aliphatic rings. The van der Waals surface area contributed by atoms with Gasteiger partial charge in [0.25, 0.3) is 0 Å². The van der Waals surface area contributed by atoms with Crippen LogP contribution in [-0.2, 0) is 23.7 Å². The van der Waals surface area contributed by atoms with E-state index in [1.807, 2.05) is 0 Å². The molecule has 0 radical (unpaired) electrons. The largest absolute Gasteiger partial charge is 0.373 e. The van der Waals surface area contributed by atoms with E-state index in [9.17, 15) is 14.5 Å². The second-order valence-corrected chi connectivity index (χ2v) is 8.02. The Morgan fingerprint density at radius 2 is 1.59 bits per heavy atom. The molecular formula is C16H25O5P. The first-order valence-corrected chi connectivity index (χ1v) is 8.89. The second-order valence-electron chi connectivity index (χ2n) is 5.87. The number of rotatable bonds is 8. The number of Topliss-reactive ketones (excluding diaryl/α,β-unsaturated/α-hetero) is 1. The Hall–Kier alpha value is -1.00. The van der Waals surface area contributed by atoms with Gasteiger partial charge in [-0.1, -0.05) is 30.3 Å². The van der Waals surface area contributed by atoms with Gasteiger partial charge in [0, 0.05) is 0 Å². The molecule has 0 heterocycles. The quantitative estimate of drug-likeness (QED) is 0.734. The first-order valence-electron chi connectivity index (χ1n) is 7.35. The van der Waals surface area contributed by atoms with E-state index in [4.69, 9.17) is 9.05 Å². The summed E-state index contributed by atoms with van der Waals surface area (Å²) in [5, 5.41) is 9.13. The Kier molecular flexibility index (Phi) is 6.50. The Bertz CT molecular complexity index is 527. The van der Waals surface area contributed by atoms with Gasteiger partial charge in [-0.3, -0.25) is 9.36 Å². The van der Waals surface area contributed by atoms with Crippen molar-refractivity contribution in [1.82, 2.24) is 0 Å². The third-order valence-corrected chi connectivity index (χ3v) is 5.60. The van der Waals surface area contributed by atoms with Crippen LogP contribution in [0.3, 0.4) is 0 Å². The van der Waals surface area contributed by atoms with E-state index in [-0.39, 0.29) is 12.2 Å². The van der Waals surface area contributed by atoms with Gasteiger partial charge in [-0.15, -0.1) is 0 Å². The van der Waals surface area contributed by atoms with Crippen molar-refractivity contribution in [3.63, 3.8) is 0 Å². The maximum Gasteiger partial charge on any atom is 0.367 e. The van der Waals surface area contributed by atoms with Crippen molar-refractivity contribution >= 4 is 13.4 Å². The van der Waals surface area contributed by atoms with E-state index in [2.05, 4.69) is 0 Å². The molecule has 0 bridgehead atoms. The summed E-state index contributed by atoms with van der Waals surface area (Å²) in [6, 6.07) is 8.41. The second kappa shape index (κ2) is 7.51. The number of benzene rings is 1. The summed E-state index contributed by atoms with van der Waals surface area (Å²) in [5.41, 5.74) is 0.342. The van der Waals surface area contributed by atoms with Crippen molar-refractivity contribution < 1.29 is 23.5 Å². The third kappa shape index (κ3) is 4.50. The topological polar surface area (TPSA) is 72.8 Å². The van der Waals surface area contributed by atoms with Gasteiger partial charge < -0.3 is 14.2 Å². The van der Waals surface area contributed by atoms with E-state index in [0.717, 1.165) is 0 Å². The lowest BCUT2D eigenvalue weighted by molar-refractivity contribution is -0.120. The number of hydrogen-bond donors (Lipinski definition) is 1. The number of carbonyl (C=O) groups excluding carboxylic acids is 1. The summed E-state index contributed by atoms with van der Waals surface area (Å²) in [7, 11) is -3.99. The van der Waals surface area contributed by atoms with Gasteiger partial charge in [-0.2, -0.15) is 0 Å². The normalized spacial score (nSPS) is 15.1. The lowest BCUT2D eigenvalue weighted by atomic mass is 10.0. The molecule has 22 heavy (non-hydrogen) atoms. The number of aliphatic hydroxyl groups is 1. The molecule has 0 aliphatic carbocycles. The SMILES string of the molecule is CC(=O)CC(O)(c1ccccc1)P(=O)(OC(C)C)OC(C)C. The van der Waals surface area contributed by atoms with Crippen molar-refractivity contribution in [3.05, 3.63) is 35.9 Å². The summed E-state index contributed by atoms with van der Waals surface area (Å²) in [5.74, 6) is -0.300. The number of hydrogen-bond acceptors (Lipinski definition) is 5. The van der Waals surface area contributed by atoms with Crippen molar-refractivity contribution in [3.8, 4) is 0 Å². The van der Waals surface area contributed by atoms with Crippen LogP contribution in [0.1, 0.15) is 46.6 Å². The van der Waals surface area contributed by atoms with Crippen LogP contribution >= 0.6 is 7.60 Å². The van der Waals surface area contributed by atoms with E-state index < -0.39 is 25.1 Å². The van der Waals surface area contributed by atoms with Crippen LogP contribution in [0, 0.1) is 0 Å². The molecule has 0 saturated heterocycles. The minimum atomic E-state index is -3.99. The Labute approximate surface area is 132 Å². The van der Waals surface area contributed by atoms with Crippen LogP contribution in [0.25, 0.3) is 0 Å². The van der Waals surface area contributed by atoms with E-state index in [1.54, 1.807) is 58.0 Å². The molecule has 0 spiro atoms. The zero-order chi connectivity index (χ0) is 17.0. The summed E-state index contributed by atoms with van der Waals surface area (Å²) < 4.78 is 24.3. The van der Waals surface area contributed by atoms with Gasteiger partial charge in [0.05, 0.1) is 18.6 Å². The number of ketones is 1. The summed E-state index contributed by atoms with van der Waals surface area (Å²) in [4.78, 5) is 11.7. The number of carbonyl (C=O) groups is 1. The van der Waals surface area contributed by atoms with Crippen LogP contribution < -0.4 is 0 Å². The fraction of sp³-hybridized carbons (Fsp3) is 0.562. The van der Waals surface area contributed by atoms with Gasteiger partial charge >= 0.3 is 7.60 Å².